The van der Waals surface area contributed by atoms with E-state index in [9.17, 15) is 0 Å². The number of halogens is 1. The van der Waals surface area contributed by atoms with Gasteiger partial charge >= 0.3 is 20.4 Å². The zero-order valence-corrected chi connectivity index (χ0v) is 24.3. The fourth-order valence-electron chi connectivity index (χ4n) is 3.96. The van der Waals surface area contributed by atoms with E-state index in [1.54, 1.807) is 6.07 Å². The zero-order valence-electron chi connectivity index (χ0n) is 21.0. The summed E-state index contributed by atoms with van der Waals surface area (Å²) in [5, 5.41) is 2.19. The number of nitrogens with zero attached hydrogens (tertiary/aromatic N) is 1. The SMILES string of the molecule is CN(C)c1ccc(P(C(C)(C)C)C(C)(C)C)cc1.Cl.[NH-]c1ccccc1-c1[c-]cccc1.[Pd+2]. The van der Waals surface area contributed by atoms with E-state index in [4.69, 9.17) is 5.73 Å². The minimum Gasteiger partial charge on any atom is -0.706 e. The van der Waals surface area contributed by atoms with Gasteiger partial charge in [-0.15, -0.1) is 53.9 Å². The Bertz CT molecular complexity index is 932. The van der Waals surface area contributed by atoms with Gasteiger partial charge in [-0.25, -0.2) is 0 Å². The average molecular weight is 575 g/mol. The molecule has 0 atom stereocenters. The van der Waals surface area contributed by atoms with E-state index in [0.717, 1.165) is 11.1 Å². The van der Waals surface area contributed by atoms with Crippen LogP contribution in [0.1, 0.15) is 41.5 Å². The molecule has 0 amide bonds. The summed E-state index contributed by atoms with van der Waals surface area (Å²) in [6.45, 7) is 14.2. The van der Waals surface area contributed by atoms with Crippen LogP contribution in [0.4, 0.5) is 11.4 Å². The molecule has 3 aromatic carbocycles. The summed E-state index contributed by atoms with van der Waals surface area (Å²) in [5.74, 6) is 0. The first-order valence-electron chi connectivity index (χ1n) is 10.8. The van der Waals surface area contributed by atoms with E-state index in [-0.39, 0.29) is 40.8 Å². The largest absolute Gasteiger partial charge is 2.00 e. The molecule has 0 saturated carbocycles. The molecular weight excluding hydrogens is 537 g/mol. The molecule has 0 heterocycles. The van der Waals surface area contributed by atoms with Crippen molar-refractivity contribution in [3.8, 4) is 11.1 Å². The summed E-state index contributed by atoms with van der Waals surface area (Å²) in [7, 11) is 3.99. The topological polar surface area (TPSA) is 27.0 Å². The number of hydrogen-bond acceptors (Lipinski definition) is 1. The van der Waals surface area contributed by atoms with E-state index in [2.05, 4.69) is 90.9 Å². The predicted octanol–water partition coefficient (Wildman–Crippen LogP) is 8.71. The Hall–Kier alpha value is -1.36. The Morgan fingerprint density at radius 2 is 1.27 bits per heavy atom. The van der Waals surface area contributed by atoms with Gasteiger partial charge in [0.2, 0.25) is 0 Å². The number of nitrogens with one attached hydrogen (secondary N) is 1. The first-order valence-corrected chi connectivity index (χ1v) is 12.1. The Morgan fingerprint density at radius 3 is 1.70 bits per heavy atom. The van der Waals surface area contributed by atoms with E-state index in [1.165, 1.54) is 11.0 Å². The molecule has 0 aliphatic heterocycles. The Labute approximate surface area is 223 Å². The maximum atomic E-state index is 7.69. The third-order valence-corrected chi connectivity index (χ3v) is 8.39. The Balaban J connectivity index is 0.000000608. The number of anilines is 1. The van der Waals surface area contributed by atoms with Gasteiger partial charge < -0.3 is 10.6 Å². The maximum absolute atomic E-state index is 7.69. The second-order valence-corrected chi connectivity index (χ2v) is 13.8. The molecule has 182 valence electrons. The molecule has 0 radical (unpaired) electrons. The molecule has 3 rings (SSSR count). The third kappa shape index (κ3) is 9.43. The van der Waals surface area contributed by atoms with Gasteiger partial charge in [0.05, 0.1) is 0 Å². The van der Waals surface area contributed by atoms with Crippen LogP contribution in [0.5, 0.6) is 0 Å². The summed E-state index contributed by atoms with van der Waals surface area (Å²) < 4.78 is 0. The molecule has 0 bridgehead atoms. The Kier molecular flexibility index (Phi) is 13.0. The zero-order chi connectivity index (χ0) is 23.2. The number of benzene rings is 3. The molecule has 33 heavy (non-hydrogen) atoms. The first-order chi connectivity index (χ1) is 14.4. The van der Waals surface area contributed by atoms with Crippen molar-refractivity contribution < 1.29 is 20.4 Å². The van der Waals surface area contributed by atoms with Gasteiger partial charge in [-0.3, -0.25) is 0 Å². The van der Waals surface area contributed by atoms with Crippen molar-refractivity contribution in [3.63, 3.8) is 0 Å². The summed E-state index contributed by atoms with van der Waals surface area (Å²) in [6.07, 6.45) is 0. The van der Waals surface area contributed by atoms with Gasteiger partial charge in [0.1, 0.15) is 0 Å². The third-order valence-electron chi connectivity index (χ3n) is 4.89. The van der Waals surface area contributed by atoms with Crippen molar-refractivity contribution in [2.45, 2.75) is 51.9 Å². The second-order valence-electron chi connectivity index (χ2n) is 9.91. The van der Waals surface area contributed by atoms with E-state index in [1.807, 2.05) is 42.5 Å². The van der Waals surface area contributed by atoms with Crippen molar-refractivity contribution in [1.29, 1.82) is 0 Å². The summed E-state index contributed by atoms with van der Waals surface area (Å²) in [6, 6.07) is 27.5. The molecule has 1 N–H and O–H groups in total. The molecule has 0 fully saturated rings. The number of rotatable bonds is 3. The predicted molar refractivity (Wildman–Crippen MR) is 149 cm³/mol. The van der Waals surface area contributed by atoms with Crippen LogP contribution in [0.15, 0.2) is 72.8 Å². The first kappa shape index (κ1) is 31.6. The smallest absolute Gasteiger partial charge is 0.706 e. The van der Waals surface area contributed by atoms with Crippen LogP contribution >= 0.6 is 20.3 Å². The normalized spacial score (nSPS) is 10.9. The van der Waals surface area contributed by atoms with Crippen LogP contribution in [0, 0.1) is 6.07 Å². The van der Waals surface area contributed by atoms with Crippen LogP contribution in [0.3, 0.4) is 0 Å². The van der Waals surface area contributed by atoms with Crippen LogP contribution < -0.4 is 10.2 Å². The van der Waals surface area contributed by atoms with Crippen molar-refractivity contribution in [2.75, 3.05) is 19.0 Å². The molecule has 3 aromatic rings. The van der Waals surface area contributed by atoms with Crippen molar-refractivity contribution in [3.05, 3.63) is 84.6 Å². The second kappa shape index (κ2) is 13.5. The molecule has 0 aromatic heterocycles. The average Bonchev–Trinajstić information content (AvgIpc) is 2.68. The minimum absolute atomic E-state index is 0. The molecule has 5 heteroatoms. The van der Waals surface area contributed by atoms with Crippen molar-refractivity contribution >= 4 is 37.0 Å². The van der Waals surface area contributed by atoms with Crippen molar-refractivity contribution in [2.24, 2.45) is 0 Å². The van der Waals surface area contributed by atoms with Crippen LogP contribution in [-0.2, 0) is 20.4 Å². The van der Waals surface area contributed by atoms with Gasteiger partial charge in [0, 0.05) is 19.8 Å². The Morgan fingerprint density at radius 1 is 0.758 bits per heavy atom. The van der Waals surface area contributed by atoms with Gasteiger partial charge in [-0.2, -0.15) is 5.69 Å². The van der Waals surface area contributed by atoms with E-state index in [0.29, 0.717) is 16.0 Å². The summed E-state index contributed by atoms with van der Waals surface area (Å²) >= 11 is 0. The standard InChI is InChI=1S/C16H28NP.C12H9N.ClH.Pd/c1-15(2,3)18(16(4,5)6)14-11-9-13(10-12-14)17(7)8;13-12-9-5-4-8-11(12)10-6-2-1-3-7-10;;/h9-12H,1-8H3;1-6,8-9,13H;1H;/q;-2;;+2. The molecule has 0 aliphatic rings. The molecule has 0 unspecified atom stereocenters. The summed E-state index contributed by atoms with van der Waals surface area (Å²) in [5.41, 5.74) is 11.4. The fraction of sp³-hybridized carbons (Fsp3) is 0.357. The molecule has 0 saturated heterocycles. The van der Waals surface area contributed by atoms with Gasteiger partial charge in [0.15, 0.2) is 0 Å². The van der Waals surface area contributed by atoms with Crippen LogP contribution in [0.2, 0.25) is 0 Å². The number of hydrogen-bond donors (Lipinski definition) is 0. The van der Waals surface area contributed by atoms with Crippen molar-refractivity contribution in [1.82, 2.24) is 0 Å². The maximum Gasteiger partial charge on any atom is 2.00 e. The van der Waals surface area contributed by atoms with E-state index >= 15 is 0 Å². The molecule has 2 nitrogen and oxygen atoms in total. The van der Waals surface area contributed by atoms with Gasteiger partial charge in [-0.05, 0) is 27.7 Å². The van der Waals surface area contributed by atoms with Crippen LogP contribution in [0.25, 0.3) is 16.9 Å². The minimum atomic E-state index is -0.188. The van der Waals surface area contributed by atoms with Gasteiger partial charge in [-0.1, -0.05) is 85.9 Å². The fourth-order valence-corrected chi connectivity index (χ4v) is 7.97. The molecule has 0 aliphatic carbocycles. The summed E-state index contributed by atoms with van der Waals surface area (Å²) in [4.78, 5) is 2.15. The van der Waals surface area contributed by atoms with E-state index < -0.39 is 0 Å². The monoisotopic (exact) mass is 574 g/mol. The molecular formula is C28H38ClN2PPd. The quantitative estimate of drug-likeness (QED) is 0.174. The van der Waals surface area contributed by atoms with Gasteiger partial charge in [0.25, 0.3) is 0 Å². The van der Waals surface area contributed by atoms with Crippen LogP contribution in [-0.4, -0.2) is 24.4 Å². The molecule has 0 spiro atoms.